The molecule has 0 atom stereocenters. The molecule has 0 saturated heterocycles. The van der Waals surface area contributed by atoms with Crippen LogP contribution < -0.4 is 5.32 Å². The SMILES string of the molecule is C=CCN(CC)Cc1ccoc1CNCCC. The van der Waals surface area contributed by atoms with Gasteiger partial charge in [-0.25, -0.2) is 0 Å². The molecule has 3 heteroatoms. The Morgan fingerprint density at radius 3 is 2.94 bits per heavy atom. The molecule has 0 saturated carbocycles. The molecule has 0 radical (unpaired) electrons. The molecule has 0 aliphatic carbocycles. The zero-order valence-electron chi connectivity index (χ0n) is 11.0. The van der Waals surface area contributed by atoms with Gasteiger partial charge in [-0.1, -0.05) is 19.9 Å². The van der Waals surface area contributed by atoms with Crippen LogP contribution in [0.25, 0.3) is 0 Å². The highest BCUT2D eigenvalue weighted by Crippen LogP contribution is 2.13. The normalized spacial score (nSPS) is 11.0. The molecule has 17 heavy (non-hydrogen) atoms. The van der Waals surface area contributed by atoms with Crippen molar-refractivity contribution in [3.63, 3.8) is 0 Å². The third kappa shape index (κ3) is 4.75. The van der Waals surface area contributed by atoms with E-state index in [0.717, 1.165) is 44.9 Å². The van der Waals surface area contributed by atoms with E-state index in [-0.39, 0.29) is 0 Å². The summed E-state index contributed by atoms with van der Waals surface area (Å²) in [5.74, 6) is 1.06. The summed E-state index contributed by atoms with van der Waals surface area (Å²) in [5.41, 5.74) is 1.28. The van der Waals surface area contributed by atoms with Crippen molar-refractivity contribution in [1.29, 1.82) is 0 Å². The van der Waals surface area contributed by atoms with Crippen LogP contribution in [-0.2, 0) is 13.1 Å². The fourth-order valence-electron chi connectivity index (χ4n) is 1.77. The number of rotatable bonds is 9. The van der Waals surface area contributed by atoms with Crippen molar-refractivity contribution in [1.82, 2.24) is 10.2 Å². The first-order valence-corrected chi connectivity index (χ1v) is 6.41. The number of likely N-dealkylation sites (N-methyl/N-ethyl adjacent to an activating group) is 1. The van der Waals surface area contributed by atoms with Gasteiger partial charge < -0.3 is 9.73 Å². The Kier molecular flexibility index (Phi) is 6.67. The highest BCUT2D eigenvalue weighted by molar-refractivity contribution is 5.17. The molecule has 96 valence electrons. The number of nitrogens with one attached hydrogen (secondary N) is 1. The van der Waals surface area contributed by atoms with Crippen molar-refractivity contribution in [2.45, 2.75) is 33.4 Å². The van der Waals surface area contributed by atoms with Crippen LogP contribution in [0.2, 0.25) is 0 Å². The van der Waals surface area contributed by atoms with Gasteiger partial charge in [-0.15, -0.1) is 6.58 Å². The Morgan fingerprint density at radius 2 is 2.29 bits per heavy atom. The summed E-state index contributed by atoms with van der Waals surface area (Å²) in [6.07, 6.45) is 4.87. The summed E-state index contributed by atoms with van der Waals surface area (Å²) in [6, 6.07) is 2.06. The van der Waals surface area contributed by atoms with Gasteiger partial charge in [-0.2, -0.15) is 0 Å². The third-order valence-electron chi connectivity index (χ3n) is 2.78. The molecule has 0 aliphatic heterocycles. The Labute approximate surface area is 104 Å². The zero-order chi connectivity index (χ0) is 12.5. The van der Waals surface area contributed by atoms with Gasteiger partial charge in [0.15, 0.2) is 0 Å². The predicted molar refractivity (Wildman–Crippen MR) is 71.9 cm³/mol. The van der Waals surface area contributed by atoms with Crippen molar-refractivity contribution in [2.24, 2.45) is 0 Å². The predicted octanol–water partition coefficient (Wildman–Crippen LogP) is 2.79. The maximum Gasteiger partial charge on any atom is 0.122 e. The molecule has 0 unspecified atom stereocenters. The lowest BCUT2D eigenvalue weighted by Gasteiger charge is -2.18. The lowest BCUT2D eigenvalue weighted by atomic mass is 10.2. The first kappa shape index (κ1) is 14.0. The first-order valence-electron chi connectivity index (χ1n) is 6.41. The van der Waals surface area contributed by atoms with Gasteiger partial charge in [-0.3, -0.25) is 4.90 Å². The van der Waals surface area contributed by atoms with E-state index in [1.54, 1.807) is 6.26 Å². The van der Waals surface area contributed by atoms with E-state index >= 15 is 0 Å². The topological polar surface area (TPSA) is 28.4 Å². The molecule has 0 spiro atoms. The molecule has 0 bridgehead atoms. The monoisotopic (exact) mass is 236 g/mol. The summed E-state index contributed by atoms with van der Waals surface area (Å²) < 4.78 is 5.52. The van der Waals surface area contributed by atoms with Crippen LogP contribution in [0, 0.1) is 0 Å². The van der Waals surface area contributed by atoms with Crippen molar-refractivity contribution >= 4 is 0 Å². The summed E-state index contributed by atoms with van der Waals surface area (Å²) >= 11 is 0. The van der Waals surface area contributed by atoms with E-state index < -0.39 is 0 Å². The Morgan fingerprint density at radius 1 is 1.47 bits per heavy atom. The fraction of sp³-hybridized carbons (Fsp3) is 0.571. The van der Waals surface area contributed by atoms with Gasteiger partial charge in [0.25, 0.3) is 0 Å². The van der Waals surface area contributed by atoms with Gasteiger partial charge in [-0.05, 0) is 25.6 Å². The smallest absolute Gasteiger partial charge is 0.122 e. The first-order chi connectivity index (χ1) is 8.31. The van der Waals surface area contributed by atoms with Crippen molar-refractivity contribution in [3.8, 4) is 0 Å². The Bertz CT molecular complexity index is 320. The lowest BCUT2D eigenvalue weighted by Crippen LogP contribution is -2.23. The molecular weight excluding hydrogens is 212 g/mol. The molecule has 1 heterocycles. The molecular formula is C14H24N2O. The van der Waals surface area contributed by atoms with Gasteiger partial charge in [0.2, 0.25) is 0 Å². The molecule has 3 nitrogen and oxygen atoms in total. The lowest BCUT2D eigenvalue weighted by molar-refractivity contribution is 0.307. The second kappa shape index (κ2) is 8.09. The maximum absolute atomic E-state index is 5.52. The Balaban J connectivity index is 2.51. The van der Waals surface area contributed by atoms with E-state index in [1.807, 2.05) is 6.08 Å². The van der Waals surface area contributed by atoms with E-state index in [1.165, 1.54) is 5.56 Å². The van der Waals surface area contributed by atoms with Crippen LogP contribution in [0.4, 0.5) is 0 Å². The van der Waals surface area contributed by atoms with Crippen LogP contribution in [0.5, 0.6) is 0 Å². The van der Waals surface area contributed by atoms with Crippen molar-refractivity contribution in [2.75, 3.05) is 19.6 Å². The number of furan rings is 1. The molecule has 1 rings (SSSR count). The largest absolute Gasteiger partial charge is 0.468 e. The highest BCUT2D eigenvalue weighted by Gasteiger charge is 2.09. The molecule has 1 aromatic rings. The van der Waals surface area contributed by atoms with Crippen molar-refractivity contribution < 1.29 is 4.42 Å². The molecule has 0 aromatic carbocycles. The average molecular weight is 236 g/mol. The highest BCUT2D eigenvalue weighted by atomic mass is 16.3. The summed E-state index contributed by atoms with van der Waals surface area (Å²) in [7, 11) is 0. The molecule has 0 fully saturated rings. The quantitative estimate of drug-likeness (QED) is 0.528. The second-order valence-corrected chi connectivity index (χ2v) is 4.16. The van der Waals surface area contributed by atoms with Crippen LogP contribution in [0.15, 0.2) is 29.4 Å². The molecule has 0 aliphatic rings. The zero-order valence-corrected chi connectivity index (χ0v) is 11.0. The summed E-state index contributed by atoms with van der Waals surface area (Å²) in [5, 5.41) is 3.37. The van der Waals surface area contributed by atoms with Crippen LogP contribution >= 0.6 is 0 Å². The van der Waals surface area contributed by atoms with Gasteiger partial charge in [0, 0.05) is 18.7 Å². The van der Waals surface area contributed by atoms with Crippen LogP contribution in [0.3, 0.4) is 0 Å². The van der Waals surface area contributed by atoms with Gasteiger partial charge >= 0.3 is 0 Å². The summed E-state index contributed by atoms with van der Waals surface area (Å²) in [4.78, 5) is 2.33. The standard InChI is InChI=1S/C14H24N2O/c1-4-8-15-11-14-13(7-10-17-14)12-16(6-3)9-5-2/h5,7,10,15H,2,4,6,8-9,11-12H2,1,3H3. The maximum atomic E-state index is 5.52. The number of nitrogens with zero attached hydrogens (tertiary/aromatic N) is 1. The number of hydrogen-bond donors (Lipinski definition) is 1. The van der Waals surface area contributed by atoms with Gasteiger partial charge in [0.1, 0.15) is 5.76 Å². The molecule has 0 amide bonds. The second-order valence-electron chi connectivity index (χ2n) is 4.16. The van der Waals surface area contributed by atoms with E-state index in [9.17, 15) is 0 Å². The fourth-order valence-corrected chi connectivity index (χ4v) is 1.77. The van der Waals surface area contributed by atoms with Crippen molar-refractivity contribution in [3.05, 3.63) is 36.3 Å². The van der Waals surface area contributed by atoms with E-state index in [2.05, 4.69) is 36.7 Å². The Hall–Kier alpha value is -1.06. The summed E-state index contributed by atoms with van der Waals surface area (Å²) in [6.45, 7) is 12.8. The van der Waals surface area contributed by atoms with Crippen LogP contribution in [0.1, 0.15) is 31.6 Å². The average Bonchev–Trinajstić information content (AvgIpc) is 2.76. The number of hydrogen-bond acceptors (Lipinski definition) is 3. The minimum absolute atomic E-state index is 0.821. The minimum atomic E-state index is 0.821. The third-order valence-corrected chi connectivity index (χ3v) is 2.78. The van der Waals surface area contributed by atoms with Crippen LogP contribution in [-0.4, -0.2) is 24.5 Å². The van der Waals surface area contributed by atoms with E-state index in [0.29, 0.717) is 0 Å². The minimum Gasteiger partial charge on any atom is -0.468 e. The molecule has 1 aromatic heterocycles. The van der Waals surface area contributed by atoms with Gasteiger partial charge in [0.05, 0.1) is 12.8 Å². The molecule has 1 N–H and O–H groups in total. The van der Waals surface area contributed by atoms with E-state index in [4.69, 9.17) is 4.42 Å².